The van der Waals surface area contributed by atoms with Gasteiger partial charge >= 0.3 is 0 Å². The van der Waals surface area contributed by atoms with Crippen LogP contribution in [0.5, 0.6) is 0 Å². The maximum absolute atomic E-state index is 13.2. The maximum Gasteiger partial charge on any atom is 0.123 e. The summed E-state index contributed by atoms with van der Waals surface area (Å²) in [6.07, 6.45) is 2.42. The van der Waals surface area contributed by atoms with Crippen molar-refractivity contribution >= 4 is 11.6 Å². The van der Waals surface area contributed by atoms with Crippen LogP contribution in [0.4, 0.5) is 4.39 Å². The molecule has 0 saturated carbocycles. The molecular weight excluding hydrogens is 251 g/mol. The summed E-state index contributed by atoms with van der Waals surface area (Å²) in [4.78, 5) is 2.39. The molecular formula is C14H20ClFN2. The summed E-state index contributed by atoms with van der Waals surface area (Å²) in [6.45, 7) is 5.92. The fourth-order valence-corrected chi connectivity index (χ4v) is 2.71. The standard InChI is InChI=1S/C14H20ClFN2/c1-2-17-9-13-4-3-7-18(13)10-11-8-12(16)5-6-14(11)15/h5-6,8,13,17H,2-4,7,9-10H2,1H3. The fourth-order valence-electron chi connectivity index (χ4n) is 2.53. The highest BCUT2D eigenvalue weighted by molar-refractivity contribution is 6.31. The molecule has 0 amide bonds. The van der Waals surface area contributed by atoms with Gasteiger partial charge in [0.2, 0.25) is 0 Å². The minimum Gasteiger partial charge on any atom is -0.315 e. The van der Waals surface area contributed by atoms with Crippen molar-refractivity contribution in [2.75, 3.05) is 19.6 Å². The number of nitrogens with zero attached hydrogens (tertiary/aromatic N) is 1. The van der Waals surface area contributed by atoms with Gasteiger partial charge in [-0.05, 0) is 49.7 Å². The molecule has 18 heavy (non-hydrogen) atoms. The lowest BCUT2D eigenvalue weighted by Crippen LogP contribution is -2.37. The van der Waals surface area contributed by atoms with Crippen LogP contribution in [0.2, 0.25) is 5.02 Å². The molecule has 100 valence electrons. The second kappa shape index (κ2) is 6.50. The number of nitrogens with one attached hydrogen (secondary N) is 1. The Labute approximate surface area is 113 Å². The molecule has 1 aliphatic rings. The summed E-state index contributed by atoms with van der Waals surface area (Å²) in [7, 11) is 0. The van der Waals surface area contributed by atoms with E-state index in [0.717, 1.165) is 31.7 Å². The Morgan fingerprint density at radius 3 is 3.11 bits per heavy atom. The molecule has 0 radical (unpaired) electrons. The van der Waals surface area contributed by atoms with E-state index in [1.54, 1.807) is 12.1 Å². The van der Waals surface area contributed by atoms with Crippen molar-refractivity contribution in [1.29, 1.82) is 0 Å². The largest absolute Gasteiger partial charge is 0.315 e. The number of benzene rings is 1. The predicted octanol–water partition coefficient (Wildman–Crippen LogP) is 3.05. The van der Waals surface area contributed by atoms with Crippen LogP contribution in [0.15, 0.2) is 18.2 Å². The molecule has 1 saturated heterocycles. The van der Waals surface area contributed by atoms with Gasteiger partial charge in [0.1, 0.15) is 5.82 Å². The highest BCUT2D eigenvalue weighted by atomic mass is 35.5. The summed E-state index contributed by atoms with van der Waals surface area (Å²) in [5.74, 6) is -0.211. The molecule has 1 unspecified atom stereocenters. The first-order valence-electron chi connectivity index (χ1n) is 6.59. The van der Waals surface area contributed by atoms with Gasteiger partial charge in [-0.25, -0.2) is 4.39 Å². The summed E-state index contributed by atoms with van der Waals surface area (Å²) >= 11 is 6.12. The molecule has 1 fully saturated rings. The Balaban J connectivity index is 2.01. The zero-order valence-corrected chi connectivity index (χ0v) is 11.5. The molecule has 0 bridgehead atoms. The predicted molar refractivity (Wildman–Crippen MR) is 73.4 cm³/mol. The smallest absolute Gasteiger partial charge is 0.123 e. The van der Waals surface area contributed by atoms with Gasteiger partial charge in [0.25, 0.3) is 0 Å². The number of rotatable bonds is 5. The highest BCUT2D eigenvalue weighted by Gasteiger charge is 2.24. The normalized spacial score (nSPS) is 20.5. The summed E-state index contributed by atoms with van der Waals surface area (Å²) in [5, 5.41) is 4.04. The molecule has 1 aromatic rings. The summed E-state index contributed by atoms with van der Waals surface area (Å²) in [6, 6.07) is 5.14. The van der Waals surface area contributed by atoms with E-state index in [2.05, 4.69) is 17.1 Å². The van der Waals surface area contributed by atoms with Gasteiger partial charge in [-0.2, -0.15) is 0 Å². The molecule has 0 aromatic heterocycles. The zero-order chi connectivity index (χ0) is 13.0. The van der Waals surface area contributed by atoms with E-state index < -0.39 is 0 Å². The lowest BCUT2D eigenvalue weighted by atomic mass is 10.1. The lowest BCUT2D eigenvalue weighted by Gasteiger charge is -2.25. The van der Waals surface area contributed by atoms with Crippen molar-refractivity contribution in [2.24, 2.45) is 0 Å². The van der Waals surface area contributed by atoms with E-state index in [1.807, 2.05) is 0 Å². The van der Waals surface area contributed by atoms with Gasteiger partial charge in [0, 0.05) is 24.2 Å². The van der Waals surface area contributed by atoms with Gasteiger partial charge in [0.15, 0.2) is 0 Å². The summed E-state index contributed by atoms with van der Waals surface area (Å²) < 4.78 is 13.2. The van der Waals surface area contributed by atoms with E-state index in [-0.39, 0.29) is 5.82 Å². The fraction of sp³-hybridized carbons (Fsp3) is 0.571. The first kappa shape index (κ1) is 13.8. The van der Waals surface area contributed by atoms with Crippen LogP contribution in [-0.2, 0) is 6.54 Å². The van der Waals surface area contributed by atoms with Crippen LogP contribution in [0.1, 0.15) is 25.3 Å². The van der Waals surface area contributed by atoms with Crippen molar-refractivity contribution in [3.8, 4) is 0 Å². The minimum atomic E-state index is -0.211. The van der Waals surface area contributed by atoms with Crippen molar-refractivity contribution < 1.29 is 4.39 Å². The van der Waals surface area contributed by atoms with Crippen LogP contribution >= 0.6 is 11.6 Å². The third-order valence-corrected chi connectivity index (χ3v) is 3.88. The third kappa shape index (κ3) is 3.44. The van der Waals surface area contributed by atoms with Gasteiger partial charge in [-0.1, -0.05) is 18.5 Å². The molecule has 0 aliphatic carbocycles. The molecule has 1 atom stereocenters. The third-order valence-electron chi connectivity index (χ3n) is 3.51. The van der Waals surface area contributed by atoms with E-state index in [0.29, 0.717) is 11.1 Å². The number of hydrogen-bond donors (Lipinski definition) is 1. The number of likely N-dealkylation sites (N-methyl/N-ethyl adjacent to an activating group) is 1. The molecule has 1 aromatic carbocycles. The van der Waals surface area contributed by atoms with Gasteiger partial charge in [0.05, 0.1) is 0 Å². The average Bonchev–Trinajstić information content (AvgIpc) is 2.79. The quantitative estimate of drug-likeness (QED) is 0.885. The molecule has 2 nitrogen and oxygen atoms in total. The number of hydrogen-bond acceptors (Lipinski definition) is 2. The first-order chi connectivity index (χ1) is 8.70. The molecule has 1 N–H and O–H groups in total. The van der Waals surface area contributed by atoms with Crippen LogP contribution in [0, 0.1) is 5.82 Å². The second-order valence-electron chi connectivity index (χ2n) is 4.81. The van der Waals surface area contributed by atoms with Gasteiger partial charge < -0.3 is 5.32 Å². The Hall–Kier alpha value is -0.640. The molecule has 1 aliphatic heterocycles. The summed E-state index contributed by atoms with van der Waals surface area (Å²) in [5.41, 5.74) is 0.889. The van der Waals surface area contributed by atoms with Crippen LogP contribution in [0.25, 0.3) is 0 Å². The average molecular weight is 271 g/mol. The monoisotopic (exact) mass is 270 g/mol. The Bertz CT molecular complexity index is 397. The number of halogens is 2. The Kier molecular flexibility index (Phi) is 4.98. The van der Waals surface area contributed by atoms with Gasteiger partial charge in [-0.15, -0.1) is 0 Å². The minimum absolute atomic E-state index is 0.211. The first-order valence-corrected chi connectivity index (χ1v) is 6.97. The highest BCUT2D eigenvalue weighted by Crippen LogP contribution is 2.24. The zero-order valence-electron chi connectivity index (χ0n) is 10.8. The Morgan fingerprint density at radius 2 is 2.33 bits per heavy atom. The van der Waals surface area contributed by atoms with Crippen LogP contribution < -0.4 is 5.32 Å². The SMILES string of the molecule is CCNCC1CCCN1Cc1cc(F)ccc1Cl. The lowest BCUT2D eigenvalue weighted by molar-refractivity contribution is 0.240. The number of likely N-dealkylation sites (tertiary alicyclic amines) is 1. The maximum atomic E-state index is 13.2. The topological polar surface area (TPSA) is 15.3 Å². The van der Waals surface area contributed by atoms with Crippen molar-refractivity contribution in [2.45, 2.75) is 32.4 Å². The molecule has 2 rings (SSSR count). The van der Waals surface area contributed by atoms with E-state index in [9.17, 15) is 4.39 Å². The van der Waals surface area contributed by atoms with Crippen molar-refractivity contribution in [3.63, 3.8) is 0 Å². The van der Waals surface area contributed by atoms with E-state index >= 15 is 0 Å². The van der Waals surface area contributed by atoms with E-state index in [4.69, 9.17) is 11.6 Å². The van der Waals surface area contributed by atoms with E-state index in [1.165, 1.54) is 18.9 Å². The van der Waals surface area contributed by atoms with Crippen LogP contribution in [-0.4, -0.2) is 30.6 Å². The van der Waals surface area contributed by atoms with Gasteiger partial charge in [-0.3, -0.25) is 4.90 Å². The van der Waals surface area contributed by atoms with Crippen molar-refractivity contribution in [3.05, 3.63) is 34.6 Å². The second-order valence-corrected chi connectivity index (χ2v) is 5.22. The van der Waals surface area contributed by atoms with Crippen LogP contribution in [0.3, 0.4) is 0 Å². The molecule has 0 spiro atoms. The molecule has 4 heteroatoms. The Morgan fingerprint density at radius 1 is 1.50 bits per heavy atom. The molecule has 1 heterocycles. The van der Waals surface area contributed by atoms with Crippen molar-refractivity contribution in [1.82, 2.24) is 10.2 Å².